The van der Waals surface area contributed by atoms with E-state index in [-0.39, 0.29) is 11.9 Å². The largest absolute Gasteiger partial charge is 0.497 e. The summed E-state index contributed by atoms with van der Waals surface area (Å²) in [6.45, 7) is 4.28. The predicted octanol–water partition coefficient (Wildman–Crippen LogP) is 3.18. The third-order valence-electron chi connectivity index (χ3n) is 4.38. The summed E-state index contributed by atoms with van der Waals surface area (Å²) in [5.74, 6) is -0.503. The fourth-order valence-electron chi connectivity index (χ4n) is 2.91. The minimum Gasteiger partial charge on any atom is -0.497 e. The molecule has 8 nitrogen and oxygen atoms in total. The summed E-state index contributed by atoms with van der Waals surface area (Å²) >= 11 is 0. The Kier molecular flexibility index (Phi) is 8.18. The first-order valence-corrected chi connectivity index (χ1v) is 10.7. The van der Waals surface area contributed by atoms with Gasteiger partial charge in [0.1, 0.15) is 18.0 Å². The molecule has 1 fully saturated rings. The number of carbonyl (C=O) groups is 1. The van der Waals surface area contributed by atoms with E-state index < -0.39 is 25.6 Å². The summed E-state index contributed by atoms with van der Waals surface area (Å²) in [6.07, 6.45) is -1.26. The number of methoxy groups -OCH3 is 1. The van der Waals surface area contributed by atoms with Crippen LogP contribution in [0, 0.1) is 0 Å². The van der Waals surface area contributed by atoms with Crippen molar-refractivity contribution >= 4 is 13.4 Å². The van der Waals surface area contributed by atoms with E-state index in [9.17, 15) is 9.36 Å². The van der Waals surface area contributed by atoms with Crippen LogP contribution in [0.2, 0.25) is 0 Å². The van der Waals surface area contributed by atoms with Gasteiger partial charge in [0.15, 0.2) is 11.6 Å². The Balaban J connectivity index is 1.88. The monoisotopic (exact) mass is 416 g/mol. The second-order valence-electron chi connectivity index (χ2n) is 6.88. The number of ether oxygens (including phenoxy) is 4. The molecule has 1 aromatic rings. The molecule has 0 amide bonds. The lowest BCUT2D eigenvalue weighted by Crippen LogP contribution is -2.34. The number of hydrogen-bond acceptors (Lipinski definition) is 8. The number of Topliss-reactive ketones (excluding diaryl/α,β-unsaturated/α-hetero) is 1. The van der Waals surface area contributed by atoms with Crippen molar-refractivity contribution in [1.29, 1.82) is 0 Å². The topological polar surface area (TPSA) is 89.5 Å². The van der Waals surface area contributed by atoms with Gasteiger partial charge in [-0.15, -0.1) is 0 Å². The average Bonchev–Trinajstić information content (AvgIpc) is 3.00. The van der Waals surface area contributed by atoms with E-state index >= 15 is 0 Å². The van der Waals surface area contributed by atoms with Crippen LogP contribution >= 0.6 is 7.60 Å². The second kappa shape index (κ2) is 9.96. The summed E-state index contributed by atoms with van der Waals surface area (Å²) in [5.41, 5.74) is 1.01. The van der Waals surface area contributed by atoms with Gasteiger partial charge in [0.2, 0.25) is 0 Å². The molecule has 1 aromatic carbocycles. The predicted molar refractivity (Wildman–Crippen MR) is 103 cm³/mol. The minimum absolute atomic E-state index is 0.368. The molecule has 0 radical (unpaired) electrons. The Morgan fingerprint density at radius 2 is 1.75 bits per heavy atom. The minimum atomic E-state index is -3.46. The highest BCUT2D eigenvalue weighted by atomic mass is 31.2. The maximum Gasteiger partial charge on any atom is 0.337 e. The van der Waals surface area contributed by atoms with Crippen LogP contribution in [0.1, 0.15) is 25.8 Å². The van der Waals surface area contributed by atoms with Crippen molar-refractivity contribution in [3.8, 4) is 5.75 Å². The normalized spacial score (nSPS) is 21.6. The van der Waals surface area contributed by atoms with Crippen LogP contribution in [0.5, 0.6) is 5.75 Å². The van der Waals surface area contributed by atoms with Gasteiger partial charge < -0.3 is 28.0 Å². The SMILES string of the molecule is COc1ccc(COCC[C@@H]2OC(C)(C)O[C@H]2C(=O)CP(=O)(OC)OC)cc1. The highest BCUT2D eigenvalue weighted by Crippen LogP contribution is 2.47. The van der Waals surface area contributed by atoms with Crippen molar-refractivity contribution in [3.63, 3.8) is 0 Å². The molecule has 28 heavy (non-hydrogen) atoms. The molecule has 158 valence electrons. The number of rotatable bonds is 11. The lowest BCUT2D eigenvalue weighted by Gasteiger charge is -2.18. The first kappa shape index (κ1) is 23.0. The molecule has 1 aliphatic heterocycles. The number of benzene rings is 1. The fraction of sp³-hybridized carbons (Fsp3) is 0.632. The first-order valence-electron chi connectivity index (χ1n) is 9.01. The number of carbonyl (C=O) groups excluding carboxylic acids is 1. The molecule has 0 saturated carbocycles. The average molecular weight is 416 g/mol. The fourth-order valence-corrected chi connectivity index (χ4v) is 3.88. The molecular formula is C19H29O8P. The first-order chi connectivity index (χ1) is 13.2. The van der Waals surface area contributed by atoms with Crippen LogP contribution in [-0.2, 0) is 39.2 Å². The lowest BCUT2D eigenvalue weighted by atomic mass is 10.1. The molecule has 9 heteroatoms. The van der Waals surface area contributed by atoms with Gasteiger partial charge in [0.25, 0.3) is 0 Å². The Hall–Kier alpha value is -1.28. The van der Waals surface area contributed by atoms with E-state index in [2.05, 4.69) is 0 Å². The Labute approximate surface area is 165 Å². The van der Waals surface area contributed by atoms with Crippen molar-refractivity contribution in [1.82, 2.24) is 0 Å². The molecule has 0 aliphatic carbocycles. The van der Waals surface area contributed by atoms with Crippen LogP contribution in [0.4, 0.5) is 0 Å². The van der Waals surface area contributed by atoms with Gasteiger partial charge in [-0.1, -0.05) is 12.1 Å². The summed E-state index contributed by atoms with van der Waals surface area (Å²) in [7, 11) is 0.650. The molecule has 0 N–H and O–H groups in total. The van der Waals surface area contributed by atoms with E-state index in [4.69, 9.17) is 28.0 Å². The zero-order valence-corrected chi connectivity index (χ0v) is 17.9. The van der Waals surface area contributed by atoms with Gasteiger partial charge in [-0.25, -0.2) is 0 Å². The molecule has 2 atom stereocenters. The lowest BCUT2D eigenvalue weighted by molar-refractivity contribution is -0.154. The molecule has 1 heterocycles. The van der Waals surface area contributed by atoms with E-state index in [1.165, 1.54) is 14.2 Å². The second-order valence-corrected chi connectivity index (χ2v) is 9.15. The van der Waals surface area contributed by atoms with Crippen molar-refractivity contribution in [2.45, 2.75) is 44.9 Å². The van der Waals surface area contributed by atoms with Gasteiger partial charge in [0, 0.05) is 27.2 Å². The van der Waals surface area contributed by atoms with Crippen molar-refractivity contribution in [2.75, 3.05) is 34.1 Å². The van der Waals surface area contributed by atoms with E-state index in [1.54, 1.807) is 21.0 Å². The maximum absolute atomic E-state index is 12.6. The molecule has 0 unspecified atom stereocenters. The molecule has 1 aliphatic rings. The van der Waals surface area contributed by atoms with Crippen LogP contribution in [0.15, 0.2) is 24.3 Å². The van der Waals surface area contributed by atoms with Gasteiger partial charge in [-0.3, -0.25) is 9.36 Å². The van der Waals surface area contributed by atoms with Crippen molar-refractivity contribution < 1.29 is 37.4 Å². The Morgan fingerprint density at radius 1 is 1.11 bits per heavy atom. The van der Waals surface area contributed by atoms with Crippen molar-refractivity contribution in [2.24, 2.45) is 0 Å². The third-order valence-corrected chi connectivity index (χ3v) is 6.19. The van der Waals surface area contributed by atoms with Crippen LogP contribution in [0.3, 0.4) is 0 Å². The van der Waals surface area contributed by atoms with E-state index in [0.717, 1.165) is 11.3 Å². The summed E-state index contributed by atoms with van der Waals surface area (Å²) in [4.78, 5) is 12.6. The maximum atomic E-state index is 12.6. The highest BCUT2D eigenvalue weighted by molar-refractivity contribution is 7.54. The molecule has 0 spiro atoms. The zero-order chi connectivity index (χ0) is 20.8. The molecule has 2 rings (SSSR count). The van der Waals surface area contributed by atoms with Gasteiger partial charge in [-0.05, 0) is 31.5 Å². The van der Waals surface area contributed by atoms with Gasteiger partial charge in [0.05, 0.1) is 19.8 Å². The smallest absolute Gasteiger partial charge is 0.337 e. The van der Waals surface area contributed by atoms with Crippen LogP contribution < -0.4 is 4.74 Å². The summed E-state index contributed by atoms with van der Waals surface area (Å²) in [6, 6.07) is 7.59. The Bertz CT molecular complexity index is 680. The zero-order valence-electron chi connectivity index (χ0n) is 17.0. The molecular weight excluding hydrogens is 387 g/mol. The number of ketones is 1. The van der Waals surface area contributed by atoms with Crippen LogP contribution in [-0.4, -0.2) is 57.9 Å². The van der Waals surface area contributed by atoms with Gasteiger partial charge in [-0.2, -0.15) is 0 Å². The molecule has 1 saturated heterocycles. The number of hydrogen-bond donors (Lipinski definition) is 0. The molecule has 0 aromatic heterocycles. The summed E-state index contributed by atoms with van der Waals surface area (Å²) in [5, 5.41) is 0. The summed E-state index contributed by atoms with van der Waals surface area (Å²) < 4.78 is 44.3. The quantitative estimate of drug-likeness (QED) is 0.401. The van der Waals surface area contributed by atoms with Crippen LogP contribution in [0.25, 0.3) is 0 Å². The Morgan fingerprint density at radius 3 is 2.32 bits per heavy atom. The highest BCUT2D eigenvalue weighted by Gasteiger charge is 2.46. The standard InChI is InChI=1S/C19H29O8P/c1-19(2)26-17(18(27-19)16(20)13-28(21,23-4)24-5)10-11-25-12-14-6-8-15(22-3)9-7-14/h6-9,17-18H,10-13H2,1-5H3/t17-,18-/m0/s1. The van der Waals surface area contributed by atoms with E-state index in [0.29, 0.717) is 19.6 Å². The van der Waals surface area contributed by atoms with E-state index in [1.807, 2.05) is 24.3 Å². The third kappa shape index (κ3) is 6.37. The van der Waals surface area contributed by atoms with Gasteiger partial charge >= 0.3 is 7.60 Å². The molecule has 0 bridgehead atoms. The van der Waals surface area contributed by atoms with Crippen molar-refractivity contribution in [3.05, 3.63) is 29.8 Å².